The molecule has 2 aliphatic rings. The zero-order chi connectivity index (χ0) is 30.1. The predicted octanol–water partition coefficient (Wildman–Crippen LogP) is 4.09. The Labute approximate surface area is 241 Å². The van der Waals surface area contributed by atoms with Crippen LogP contribution < -0.4 is 14.5 Å². The first-order chi connectivity index (χ1) is 19.9. The number of pyridine rings is 1. The van der Waals surface area contributed by atoms with Crippen LogP contribution in [0.25, 0.3) is 17.1 Å². The van der Waals surface area contributed by atoms with Crippen molar-refractivity contribution in [3.8, 4) is 17.1 Å². The Hall–Kier alpha value is -3.46. The van der Waals surface area contributed by atoms with E-state index in [0.717, 1.165) is 5.56 Å². The molecule has 15 heteroatoms. The van der Waals surface area contributed by atoms with Crippen LogP contribution in [0.2, 0.25) is 0 Å². The van der Waals surface area contributed by atoms with E-state index in [-0.39, 0.29) is 44.5 Å². The number of sulfonamides is 1. The number of rotatable bonds is 9. The molecule has 0 aliphatic carbocycles. The molecule has 228 valence electrons. The summed E-state index contributed by atoms with van der Waals surface area (Å²) in [5.74, 6) is -3.27. The number of halogens is 4. The van der Waals surface area contributed by atoms with Gasteiger partial charge in [0.05, 0.1) is 41.3 Å². The van der Waals surface area contributed by atoms with E-state index < -0.39 is 40.6 Å². The molecule has 2 N–H and O–H groups in total. The molecule has 10 nitrogen and oxygen atoms in total. The minimum atomic E-state index is -3.79. The van der Waals surface area contributed by atoms with Gasteiger partial charge in [0.25, 0.3) is 5.92 Å². The van der Waals surface area contributed by atoms with Crippen LogP contribution in [-0.2, 0) is 10.0 Å². The van der Waals surface area contributed by atoms with E-state index in [1.165, 1.54) is 4.68 Å². The summed E-state index contributed by atoms with van der Waals surface area (Å²) in [5, 5.41) is 17.7. The van der Waals surface area contributed by atoms with E-state index in [1.54, 1.807) is 24.4 Å². The Bertz CT molecular complexity index is 1500. The van der Waals surface area contributed by atoms with Crippen LogP contribution in [0, 0.1) is 12.8 Å². The van der Waals surface area contributed by atoms with Gasteiger partial charge in [-0.15, -0.1) is 5.10 Å². The maximum absolute atomic E-state index is 13.7. The highest BCUT2D eigenvalue weighted by atomic mass is 32.2. The molecule has 0 spiro atoms. The lowest BCUT2D eigenvalue weighted by molar-refractivity contribution is -0.0221. The second-order valence-electron chi connectivity index (χ2n) is 10.8. The first-order valence-corrected chi connectivity index (χ1v) is 15.4. The fourth-order valence-electron chi connectivity index (χ4n) is 5.28. The monoisotopic (exact) mass is 611 g/mol. The number of aliphatic hydroxyl groups is 1. The standard InChI is InChI=1S/C27H33F4N7O3S/c1-18-14-21(32-25(15-18)37-10-6-27(30,31)7-11-37)22-17-38(35-33-22)23-3-2-20(34-42(40,41)13-12-39)16-24(23)36-8-4-19(5-9-36)26(28)29/h2-3,14-17,19,26,34,39H,4-13H2,1H3. The molecule has 0 saturated carbocycles. The molecule has 0 unspecified atom stereocenters. The minimum absolute atomic E-state index is 0.190. The van der Waals surface area contributed by atoms with Crippen molar-refractivity contribution in [2.45, 2.75) is 45.0 Å². The number of hydrogen-bond donors (Lipinski definition) is 2. The number of hydrogen-bond acceptors (Lipinski definition) is 8. The molecule has 42 heavy (non-hydrogen) atoms. The summed E-state index contributed by atoms with van der Waals surface area (Å²) in [7, 11) is -3.79. The molecule has 0 radical (unpaired) electrons. The van der Waals surface area contributed by atoms with Gasteiger partial charge < -0.3 is 14.9 Å². The molecular formula is C27H33F4N7O3S. The van der Waals surface area contributed by atoms with Gasteiger partial charge in [0, 0.05) is 44.9 Å². The van der Waals surface area contributed by atoms with Gasteiger partial charge in [-0.05, 0) is 55.7 Å². The lowest BCUT2D eigenvalue weighted by Crippen LogP contribution is -2.39. The molecule has 1 aromatic carbocycles. The van der Waals surface area contributed by atoms with Crippen molar-refractivity contribution in [1.29, 1.82) is 0 Å². The normalized spacial score (nSPS) is 18.1. The first kappa shape index (κ1) is 30.0. The molecule has 2 fully saturated rings. The first-order valence-electron chi connectivity index (χ1n) is 13.8. The molecule has 2 aliphatic heterocycles. The molecular weight excluding hydrogens is 578 g/mol. The zero-order valence-electron chi connectivity index (χ0n) is 23.1. The van der Waals surface area contributed by atoms with Gasteiger partial charge in [0.15, 0.2) is 0 Å². The summed E-state index contributed by atoms with van der Waals surface area (Å²) >= 11 is 0. The second-order valence-corrected chi connectivity index (χ2v) is 12.6. The Balaban J connectivity index is 1.45. The summed E-state index contributed by atoms with van der Waals surface area (Å²) in [5.41, 5.74) is 3.23. The van der Waals surface area contributed by atoms with Crippen molar-refractivity contribution in [2.24, 2.45) is 5.92 Å². The Morgan fingerprint density at radius 2 is 1.74 bits per heavy atom. The van der Waals surface area contributed by atoms with Gasteiger partial charge in [0.1, 0.15) is 11.5 Å². The SMILES string of the molecule is Cc1cc(-c2cn(-c3ccc(NS(=O)(=O)CCO)cc3N3CCC(C(F)F)CC3)nn2)nc(N2CCC(F)(F)CC2)c1. The lowest BCUT2D eigenvalue weighted by Gasteiger charge is -2.34. The number of aliphatic hydroxyl groups excluding tert-OH is 1. The van der Waals surface area contributed by atoms with Crippen molar-refractivity contribution < 1.29 is 31.1 Å². The van der Waals surface area contributed by atoms with Crippen LogP contribution in [0.5, 0.6) is 0 Å². The molecule has 4 heterocycles. The van der Waals surface area contributed by atoms with E-state index in [1.807, 2.05) is 28.9 Å². The average Bonchev–Trinajstić information content (AvgIpc) is 3.43. The zero-order valence-corrected chi connectivity index (χ0v) is 23.9. The molecule has 2 saturated heterocycles. The van der Waals surface area contributed by atoms with Crippen LogP contribution in [-0.4, -0.2) is 84.4 Å². The third-order valence-corrected chi connectivity index (χ3v) is 8.89. The van der Waals surface area contributed by atoms with Crippen LogP contribution in [0.4, 0.5) is 34.8 Å². The quantitative estimate of drug-likeness (QED) is 0.348. The van der Waals surface area contributed by atoms with Gasteiger partial charge in [-0.2, -0.15) is 0 Å². The topological polar surface area (TPSA) is 116 Å². The Morgan fingerprint density at radius 3 is 2.40 bits per heavy atom. The highest BCUT2D eigenvalue weighted by Gasteiger charge is 2.34. The summed E-state index contributed by atoms with van der Waals surface area (Å²) in [6, 6.07) is 8.49. The highest BCUT2D eigenvalue weighted by molar-refractivity contribution is 7.92. The lowest BCUT2D eigenvalue weighted by atomic mass is 9.97. The van der Waals surface area contributed by atoms with Crippen LogP contribution in [0.3, 0.4) is 0 Å². The minimum Gasteiger partial charge on any atom is -0.395 e. The van der Waals surface area contributed by atoms with Crippen molar-refractivity contribution >= 4 is 27.2 Å². The van der Waals surface area contributed by atoms with Gasteiger partial charge in [0.2, 0.25) is 16.4 Å². The summed E-state index contributed by atoms with van der Waals surface area (Å²) in [6.45, 7) is 2.41. The van der Waals surface area contributed by atoms with E-state index >= 15 is 0 Å². The fourth-order valence-corrected chi connectivity index (χ4v) is 6.11. The maximum atomic E-state index is 13.7. The number of alkyl halides is 4. The molecule has 5 rings (SSSR count). The fraction of sp³-hybridized carbons (Fsp3) is 0.519. The summed E-state index contributed by atoms with van der Waals surface area (Å²) in [6.07, 6.45) is -0.669. The van der Waals surface area contributed by atoms with Crippen LogP contribution in [0.1, 0.15) is 31.2 Å². The van der Waals surface area contributed by atoms with Crippen molar-refractivity contribution in [3.05, 3.63) is 42.1 Å². The summed E-state index contributed by atoms with van der Waals surface area (Å²) < 4.78 is 82.5. The van der Waals surface area contributed by atoms with Gasteiger partial charge in [-0.1, -0.05) is 5.21 Å². The van der Waals surface area contributed by atoms with Crippen molar-refractivity contribution in [1.82, 2.24) is 20.0 Å². The van der Waals surface area contributed by atoms with Crippen molar-refractivity contribution in [2.75, 3.05) is 53.1 Å². The summed E-state index contributed by atoms with van der Waals surface area (Å²) in [4.78, 5) is 8.42. The van der Waals surface area contributed by atoms with Gasteiger partial charge >= 0.3 is 0 Å². The van der Waals surface area contributed by atoms with E-state index in [0.29, 0.717) is 41.7 Å². The number of piperidine rings is 2. The molecule has 0 atom stereocenters. The highest BCUT2D eigenvalue weighted by Crippen LogP contribution is 2.34. The number of nitrogens with zero attached hydrogens (tertiary/aromatic N) is 6. The van der Waals surface area contributed by atoms with E-state index in [2.05, 4.69) is 20.0 Å². The number of aromatic nitrogens is 4. The molecule has 3 aromatic rings. The van der Waals surface area contributed by atoms with Gasteiger partial charge in [-0.3, -0.25) is 4.72 Å². The maximum Gasteiger partial charge on any atom is 0.251 e. The second kappa shape index (κ2) is 12.0. The Morgan fingerprint density at radius 1 is 1.02 bits per heavy atom. The third-order valence-electron chi connectivity index (χ3n) is 7.62. The van der Waals surface area contributed by atoms with Gasteiger partial charge in [-0.25, -0.2) is 35.6 Å². The number of aryl methyl sites for hydroxylation is 1. The van der Waals surface area contributed by atoms with Crippen LogP contribution in [0.15, 0.2) is 36.5 Å². The smallest absolute Gasteiger partial charge is 0.251 e. The largest absolute Gasteiger partial charge is 0.395 e. The number of benzene rings is 1. The van der Waals surface area contributed by atoms with E-state index in [9.17, 15) is 26.0 Å². The Kier molecular flexibility index (Phi) is 8.60. The third kappa shape index (κ3) is 6.94. The average molecular weight is 612 g/mol. The molecule has 0 bridgehead atoms. The molecule has 2 aromatic heterocycles. The van der Waals surface area contributed by atoms with Crippen LogP contribution >= 0.6 is 0 Å². The van der Waals surface area contributed by atoms with Crippen molar-refractivity contribution in [3.63, 3.8) is 0 Å². The molecule has 0 amide bonds. The number of anilines is 3. The van der Waals surface area contributed by atoms with E-state index in [4.69, 9.17) is 5.11 Å². The predicted molar refractivity (Wildman–Crippen MR) is 151 cm³/mol. The number of nitrogens with one attached hydrogen (secondary N) is 1.